The third-order valence-corrected chi connectivity index (χ3v) is 3.97. The van der Waals surface area contributed by atoms with Crippen molar-refractivity contribution in [3.05, 3.63) is 22.9 Å². The molecule has 2 N–H and O–H groups in total. The Morgan fingerprint density at radius 3 is 2.81 bits per heavy atom. The Bertz CT molecular complexity index is 523. The van der Waals surface area contributed by atoms with E-state index in [2.05, 4.69) is 26.2 Å². The standard InChI is InChI=1S/C13H17BrN4O3/c1-15-12(19)6-10-8-17(4-5-18(10)13(20)21)9-2-3-11(14)16-7-9/h2-3,7,10H,4-6,8H2,1H3,(H,15,19)(H,20,21). The Labute approximate surface area is 131 Å². The molecule has 1 unspecified atom stereocenters. The number of anilines is 1. The molecular formula is C13H17BrN4O3. The molecule has 1 fully saturated rings. The first-order valence-corrected chi connectivity index (χ1v) is 7.37. The molecule has 0 radical (unpaired) electrons. The molecular weight excluding hydrogens is 340 g/mol. The molecule has 0 bridgehead atoms. The summed E-state index contributed by atoms with van der Waals surface area (Å²) in [4.78, 5) is 30.4. The number of carboxylic acid groups (broad SMARTS) is 1. The van der Waals surface area contributed by atoms with E-state index in [1.54, 1.807) is 13.2 Å². The van der Waals surface area contributed by atoms with E-state index < -0.39 is 6.09 Å². The van der Waals surface area contributed by atoms with Crippen LogP contribution in [0.4, 0.5) is 10.5 Å². The number of hydrogen-bond donors (Lipinski definition) is 2. The third kappa shape index (κ3) is 3.84. The maximum atomic E-state index is 11.6. The zero-order chi connectivity index (χ0) is 15.4. The van der Waals surface area contributed by atoms with E-state index in [4.69, 9.17) is 0 Å². The van der Waals surface area contributed by atoms with E-state index in [1.807, 2.05) is 17.0 Å². The summed E-state index contributed by atoms with van der Waals surface area (Å²) >= 11 is 3.28. The van der Waals surface area contributed by atoms with Crippen LogP contribution in [0.3, 0.4) is 0 Å². The summed E-state index contributed by atoms with van der Waals surface area (Å²) in [5, 5.41) is 11.8. The van der Waals surface area contributed by atoms with Crippen molar-refractivity contribution >= 4 is 33.6 Å². The number of carbonyl (C=O) groups is 2. The predicted octanol–water partition coefficient (Wildman–Crippen LogP) is 1.15. The topological polar surface area (TPSA) is 85.8 Å². The zero-order valence-electron chi connectivity index (χ0n) is 11.6. The molecule has 1 atom stereocenters. The number of nitrogens with zero attached hydrogens (tertiary/aromatic N) is 3. The van der Waals surface area contributed by atoms with Crippen LogP contribution in [0.5, 0.6) is 0 Å². The number of halogens is 1. The highest BCUT2D eigenvalue weighted by molar-refractivity contribution is 9.10. The maximum Gasteiger partial charge on any atom is 0.407 e. The lowest BCUT2D eigenvalue weighted by Crippen LogP contribution is -2.56. The second-order valence-corrected chi connectivity index (χ2v) is 5.60. The molecule has 0 aromatic carbocycles. The van der Waals surface area contributed by atoms with Gasteiger partial charge in [-0.25, -0.2) is 9.78 Å². The number of hydrogen-bond acceptors (Lipinski definition) is 4. The van der Waals surface area contributed by atoms with Crippen molar-refractivity contribution in [3.8, 4) is 0 Å². The Hall–Kier alpha value is -1.83. The van der Waals surface area contributed by atoms with Crippen molar-refractivity contribution in [1.82, 2.24) is 15.2 Å². The van der Waals surface area contributed by atoms with Crippen LogP contribution in [-0.4, -0.2) is 59.7 Å². The minimum absolute atomic E-state index is 0.156. The summed E-state index contributed by atoms with van der Waals surface area (Å²) in [6, 6.07) is 3.40. The Morgan fingerprint density at radius 2 is 2.24 bits per heavy atom. The Balaban J connectivity index is 2.12. The summed E-state index contributed by atoms with van der Waals surface area (Å²) in [5.74, 6) is -0.165. The molecule has 8 heteroatoms. The Kier molecular flexibility index (Phi) is 5.00. The molecule has 0 spiro atoms. The van der Waals surface area contributed by atoms with Gasteiger partial charge in [0.05, 0.1) is 17.9 Å². The monoisotopic (exact) mass is 356 g/mol. The van der Waals surface area contributed by atoms with Gasteiger partial charge in [-0.05, 0) is 28.1 Å². The van der Waals surface area contributed by atoms with E-state index in [9.17, 15) is 14.7 Å². The van der Waals surface area contributed by atoms with Gasteiger partial charge >= 0.3 is 6.09 Å². The molecule has 2 rings (SSSR count). The van der Waals surface area contributed by atoms with E-state index >= 15 is 0 Å². The molecule has 1 aromatic heterocycles. The van der Waals surface area contributed by atoms with Crippen LogP contribution in [-0.2, 0) is 4.79 Å². The lowest BCUT2D eigenvalue weighted by molar-refractivity contribution is -0.121. The predicted molar refractivity (Wildman–Crippen MR) is 81.4 cm³/mol. The van der Waals surface area contributed by atoms with Crippen LogP contribution in [0.2, 0.25) is 0 Å². The van der Waals surface area contributed by atoms with Gasteiger partial charge in [0.2, 0.25) is 5.91 Å². The minimum Gasteiger partial charge on any atom is -0.465 e. The van der Waals surface area contributed by atoms with Gasteiger partial charge in [0, 0.05) is 33.1 Å². The van der Waals surface area contributed by atoms with Gasteiger partial charge in [-0.2, -0.15) is 0 Å². The maximum absolute atomic E-state index is 11.6. The molecule has 2 heterocycles. The summed E-state index contributed by atoms with van der Waals surface area (Å²) in [5.41, 5.74) is 0.921. The van der Waals surface area contributed by atoms with Gasteiger partial charge in [0.1, 0.15) is 4.60 Å². The van der Waals surface area contributed by atoms with Gasteiger partial charge < -0.3 is 20.2 Å². The SMILES string of the molecule is CNC(=O)CC1CN(c2ccc(Br)nc2)CCN1C(=O)O. The minimum atomic E-state index is -0.988. The Morgan fingerprint density at radius 1 is 1.48 bits per heavy atom. The van der Waals surface area contributed by atoms with Gasteiger partial charge in [-0.15, -0.1) is 0 Å². The first-order valence-electron chi connectivity index (χ1n) is 6.58. The quantitative estimate of drug-likeness (QED) is 0.793. The van der Waals surface area contributed by atoms with Crippen LogP contribution < -0.4 is 10.2 Å². The number of aromatic nitrogens is 1. The normalized spacial score (nSPS) is 18.5. The van der Waals surface area contributed by atoms with Crippen LogP contribution in [0, 0.1) is 0 Å². The van der Waals surface area contributed by atoms with Gasteiger partial charge in [0.15, 0.2) is 0 Å². The van der Waals surface area contributed by atoms with Crippen molar-refractivity contribution in [2.75, 3.05) is 31.6 Å². The number of piperazine rings is 1. The second-order valence-electron chi connectivity index (χ2n) is 4.79. The number of rotatable bonds is 3. The summed E-state index contributed by atoms with van der Waals surface area (Å²) < 4.78 is 0.748. The molecule has 1 aromatic rings. The molecule has 1 aliphatic heterocycles. The van der Waals surface area contributed by atoms with Crippen molar-refractivity contribution in [3.63, 3.8) is 0 Å². The van der Waals surface area contributed by atoms with Crippen LogP contribution >= 0.6 is 15.9 Å². The van der Waals surface area contributed by atoms with E-state index in [0.717, 1.165) is 10.3 Å². The fraction of sp³-hybridized carbons (Fsp3) is 0.462. The number of pyridine rings is 1. The number of nitrogens with one attached hydrogen (secondary N) is 1. The van der Waals surface area contributed by atoms with Gasteiger partial charge in [-0.3, -0.25) is 4.79 Å². The highest BCUT2D eigenvalue weighted by atomic mass is 79.9. The van der Waals surface area contributed by atoms with Gasteiger partial charge in [0.25, 0.3) is 0 Å². The molecule has 1 saturated heterocycles. The van der Waals surface area contributed by atoms with Crippen LogP contribution in [0.15, 0.2) is 22.9 Å². The van der Waals surface area contributed by atoms with E-state index in [1.165, 1.54) is 4.90 Å². The van der Waals surface area contributed by atoms with Crippen LogP contribution in [0.25, 0.3) is 0 Å². The van der Waals surface area contributed by atoms with Gasteiger partial charge in [-0.1, -0.05) is 0 Å². The second kappa shape index (κ2) is 6.75. The fourth-order valence-electron chi connectivity index (χ4n) is 2.39. The molecule has 21 heavy (non-hydrogen) atoms. The number of carbonyl (C=O) groups excluding carboxylic acids is 1. The first-order chi connectivity index (χ1) is 10.0. The number of amides is 2. The summed E-state index contributed by atoms with van der Waals surface area (Å²) in [7, 11) is 1.55. The average molecular weight is 357 g/mol. The molecule has 0 aliphatic carbocycles. The molecule has 2 amide bonds. The molecule has 0 saturated carbocycles. The van der Waals surface area contributed by atoms with Crippen molar-refractivity contribution in [2.45, 2.75) is 12.5 Å². The van der Waals surface area contributed by atoms with E-state index in [-0.39, 0.29) is 18.4 Å². The van der Waals surface area contributed by atoms with Crippen molar-refractivity contribution in [1.29, 1.82) is 0 Å². The van der Waals surface area contributed by atoms with Crippen molar-refractivity contribution < 1.29 is 14.7 Å². The fourth-order valence-corrected chi connectivity index (χ4v) is 2.62. The molecule has 1 aliphatic rings. The summed E-state index contributed by atoms with van der Waals surface area (Å²) in [6.45, 7) is 1.43. The summed E-state index contributed by atoms with van der Waals surface area (Å²) in [6.07, 6.45) is 0.901. The molecule has 7 nitrogen and oxygen atoms in total. The average Bonchev–Trinajstić information content (AvgIpc) is 2.47. The molecule has 114 valence electrons. The lowest BCUT2D eigenvalue weighted by atomic mass is 10.1. The largest absolute Gasteiger partial charge is 0.465 e. The smallest absolute Gasteiger partial charge is 0.407 e. The first kappa shape index (κ1) is 15.6. The highest BCUT2D eigenvalue weighted by Crippen LogP contribution is 2.21. The third-order valence-electron chi connectivity index (χ3n) is 3.51. The zero-order valence-corrected chi connectivity index (χ0v) is 13.2. The van der Waals surface area contributed by atoms with Crippen molar-refractivity contribution in [2.24, 2.45) is 0 Å². The van der Waals surface area contributed by atoms with E-state index in [0.29, 0.717) is 19.6 Å². The van der Waals surface area contributed by atoms with Crippen LogP contribution in [0.1, 0.15) is 6.42 Å². The lowest BCUT2D eigenvalue weighted by Gasteiger charge is -2.40. The highest BCUT2D eigenvalue weighted by Gasteiger charge is 2.31.